The fourth-order valence-corrected chi connectivity index (χ4v) is 3.04. The first kappa shape index (κ1) is 14.1. The van der Waals surface area contributed by atoms with E-state index in [9.17, 15) is 17.2 Å². The molecule has 3 nitrogen and oxygen atoms in total. The Morgan fingerprint density at radius 3 is 2.47 bits per heavy atom. The molecule has 6 heteroatoms. The molecule has 0 bridgehead atoms. The van der Waals surface area contributed by atoms with Crippen LogP contribution >= 0.6 is 0 Å². The zero-order valence-electron chi connectivity index (χ0n) is 9.49. The van der Waals surface area contributed by atoms with E-state index in [0.29, 0.717) is 6.42 Å². The molecule has 0 aromatic heterocycles. The van der Waals surface area contributed by atoms with Crippen LogP contribution in [0.2, 0.25) is 0 Å². The fourth-order valence-electron chi connectivity index (χ4n) is 1.51. The van der Waals surface area contributed by atoms with Gasteiger partial charge in [0.05, 0.1) is 5.75 Å². The molecule has 1 aromatic carbocycles. The first-order valence-electron chi connectivity index (χ1n) is 5.26. The van der Waals surface area contributed by atoms with Crippen LogP contribution in [0.15, 0.2) is 18.2 Å². The van der Waals surface area contributed by atoms with Gasteiger partial charge in [0.25, 0.3) is 0 Å². The van der Waals surface area contributed by atoms with E-state index in [-0.39, 0.29) is 17.1 Å². The Morgan fingerprint density at radius 2 is 1.94 bits per heavy atom. The van der Waals surface area contributed by atoms with Crippen molar-refractivity contribution in [1.82, 2.24) is 0 Å². The maximum absolute atomic E-state index is 12.9. The van der Waals surface area contributed by atoms with Gasteiger partial charge in [-0.25, -0.2) is 17.2 Å². The molecular weight excluding hydrogens is 248 g/mol. The Bertz CT molecular complexity index is 488. The van der Waals surface area contributed by atoms with Gasteiger partial charge < -0.3 is 5.73 Å². The highest BCUT2D eigenvalue weighted by Gasteiger charge is 2.17. The molecule has 0 spiro atoms. The van der Waals surface area contributed by atoms with Crippen molar-refractivity contribution in [3.63, 3.8) is 0 Å². The predicted octanol–water partition coefficient (Wildman–Crippen LogP) is 1.79. The maximum Gasteiger partial charge on any atom is 0.159 e. The van der Waals surface area contributed by atoms with Crippen molar-refractivity contribution in [3.8, 4) is 0 Å². The highest BCUT2D eigenvalue weighted by Crippen LogP contribution is 2.16. The van der Waals surface area contributed by atoms with Gasteiger partial charge in [0.15, 0.2) is 21.5 Å². The van der Waals surface area contributed by atoms with E-state index in [1.165, 1.54) is 6.07 Å². The third-order valence-corrected chi connectivity index (χ3v) is 4.22. The second kappa shape index (κ2) is 5.55. The Kier molecular flexibility index (Phi) is 4.59. The predicted molar refractivity (Wildman–Crippen MR) is 62.2 cm³/mol. The molecule has 1 atom stereocenters. The molecule has 1 rings (SSSR count). The minimum Gasteiger partial charge on any atom is -0.323 e. The molecule has 0 amide bonds. The Labute approximate surface area is 99.6 Å². The Morgan fingerprint density at radius 1 is 1.29 bits per heavy atom. The van der Waals surface area contributed by atoms with Crippen LogP contribution in [-0.4, -0.2) is 19.9 Å². The summed E-state index contributed by atoms with van der Waals surface area (Å²) < 4.78 is 48.7. The van der Waals surface area contributed by atoms with Crippen LogP contribution < -0.4 is 5.73 Å². The van der Waals surface area contributed by atoms with Gasteiger partial charge in [0.2, 0.25) is 0 Å². The van der Waals surface area contributed by atoms with Gasteiger partial charge in [-0.2, -0.15) is 0 Å². The van der Waals surface area contributed by atoms with Crippen molar-refractivity contribution in [3.05, 3.63) is 35.4 Å². The third kappa shape index (κ3) is 4.05. The molecule has 0 aliphatic heterocycles. The number of halogens is 2. The van der Waals surface area contributed by atoms with Gasteiger partial charge in [-0.1, -0.05) is 13.0 Å². The largest absolute Gasteiger partial charge is 0.323 e. The van der Waals surface area contributed by atoms with Gasteiger partial charge in [-0.15, -0.1) is 0 Å². The van der Waals surface area contributed by atoms with E-state index >= 15 is 0 Å². The number of rotatable bonds is 5. The van der Waals surface area contributed by atoms with Crippen molar-refractivity contribution in [2.24, 2.45) is 5.73 Å². The molecule has 96 valence electrons. The second-order valence-electron chi connectivity index (χ2n) is 3.89. The standard InChI is InChI=1S/C11H15F2NO2S/c1-2-5-17(15,16)7-11(14)8-3-4-9(12)10(13)6-8/h3-4,6,11H,2,5,7,14H2,1H3. The van der Waals surface area contributed by atoms with Crippen molar-refractivity contribution in [1.29, 1.82) is 0 Å². The minimum atomic E-state index is -3.24. The third-order valence-electron chi connectivity index (χ3n) is 2.32. The van der Waals surface area contributed by atoms with Gasteiger partial charge in [0, 0.05) is 11.8 Å². The summed E-state index contributed by atoms with van der Waals surface area (Å²) in [5.74, 6) is -2.21. The Hall–Kier alpha value is -1.01. The summed E-state index contributed by atoms with van der Waals surface area (Å²) in [4.78, 5) is 0. The lowest BCUT2D eigenvalue weighted by atomic mass is 10.1. The van der Waals surface area contributed by atoms with Crippen LogP contribution in [0.1, 0.15) is 24.9 Å². The summed E-state index contributed by atoms with van der Waals surface area (Å²) in [6, 6.07) is 2.34. The molecule has 0 heterocycles. The normalized spacial score (nSPS) is 13.6. The summed E-state index contributed by atoms with van der Waals surface area (Å²) in [7, 11) is -3.24. The molecule has 0 saturated heterocycles. The van der Waals surface area contributed by atoms with Gasteiger partial charge >= 0.3 is 0 Å². The molecule has 17 heavy (non-hydrogen) atoms. The van der Waals surface area contributed by atoms with Crippen LogP contribution in [-0.2, 0) is 9.84 Å². The summed E-state index contributed by atoms with van der Waals surface area (Å²) in [5, 5.41) is 0. The van der Waals surface area contributed by atoms with Crippen LogP contribution in [0.5, 0.6) is 0 Å². The van der Waals surface area contributed by atoms with Crippen molar-refractivity contribution >= 4 is 9.84 Å². The SMILES string of the molecule is CCCS(=O)(=O)CC(N)c1ccc(F)c(F)c1. The van der Waals surface area contributed by atoms with Gasteiger partial charge in [-0.3, -0.25) is 0 Å². The molecule has 0 aliphatic carbocycles. The van der Waals surface area contributed by atoms with Crippen molar-refractivity contribution < 1.29 is 17.2 Å². The number of nitrogens with two attached hydrogens (primary N) is 1. The summed E-state index contributed by atoms with van der Waals surface area (Å²) in [6.45, 7) is 1.75. The summed E-state index contributed by atoms with van der Waals surface area (Å²) in [5.41, 5.74) is 5.94. The highest BCUT2D eigenvalue weighted by atomic mass is 32.2. The lowest BCUT2D eigenvalue weighted by Crippen LogP contribution is -2.23. The molecule has 2 N–H and O–H groups in total. The van der Waals surface area contributed by atoms with Crippen molar-refractivity contribution in [2.45, 2.75) is 19.4 Å². The van der Waals surface area contributed by atoms with Crippen LogP contribution in [0.25, 0.3) is 0 Å². The highest BCUT2D eigenvalue weighted by molar-refractivity contribution is 7.91. The van der Waals surface area contributed by atoms with Gasteiger partial charge in [0.1, 0.15) is 0 Å². The van der Waals surface area contributed by atoms with E-state index in [0.717, 1.165) is 12.1 Å². The van der Waals surface area contributed by atoms with E-state index in [2.05, 4.69) is 0 Å². The molecule has 0 radical (unpaired) electrons. The average molecular weight is 263 g/mol. The zero-order valence-corrected chi connectivity index (χ0v) is 10.3. The fraction of sp³-hybridized carbons (Fsp3) is 0.455. The molecule has 1 aromatic rings. The second-order valence-corrected chi connectivity index (χ2v) is 6.12. The maximum atomic E-state index is 12.9. The first-order chi connectivity index (χ1) is 7.85. The quantitative estimate of drug-likeness (QED) is 0.881. The van der Waals surface area contributed by atoms with E-state index in [4.69, 9.17) is 5.73 Å². The molecule has 0 saturated carbocycles. The lowest BCUT2D eigenvalue weighted by Gasteiger charge is -2.12. The molecule has 0 fully saturated rings. The number of hydrogen-bond donors (Lipinski definition) is 1. The smallest absolute Gasteiger partial charge is 0.159 e. The van der Waals surface area contributed by atoms with Crippen LogP contribution in [0, 0.1) is 11.6 Å². The number of benzene rings is 1. The van der Waals surface area contributed by atoms with Crippen LogP contribution in [0.3, 0.4) is 0 Å². The monoisotopic (exact) mass is 263 g/mol. The lowest BCUT2D eigenvalue weighted by molar-refractivity contribution is 0.505. The topological polar surface area (TPSA) is 60.2 Å². The molecular formula is C11H15F2NO2S. The molecule has 1 unspecified atom stereocenters. The van der Waals surface area contributed by atoms with Crippen LogP contribution in [0.4, 0.5) is 8.78 Å². The Balaban J connectivity index is 2.83. The first-order valence-corrected chi connectivity index (χ1v) is 7.09. The van der Waals surface area contributed by atoms with E-state index in [1.807, 2.05) is 0 Å². The van der Waals surface area contributed by atoms with E-state index in [1.54, 1.807) is 6.92 Å². The van der Waals surface area contributed by atoms with Gasteiger partial charge in [-0.05, 0) is 24.1 Å². The summed E-state index contributed by atoms with van der Waals surface area (Å²) in [6.07, 6.45) is 0.507. The van der Waals surface area contributed by atoms with E-state index < -0.39 is 27.5 Å². The number of sulfone groups is 1. The summed E-state index contributed by atoms with van der Waals surface area (Å²) >= 11 is 0. The zero-order chi connectivity index (χ0) is 13.1. The minimum absolute atomic E-state index is 0.0460. The number of hydrogen-bond acceptors (Lipinski definition) is 3. The average Bonchev–Trinajstić information content (AvgIpc) is 2.21. The van der Waals surface area contributed by atoms with Crippen molar-refractivity contribution in [2.75, 3.05) is 11.5 Å². The molecule has 0 aliphatic rings.